The summed E-state index contributed by atoms with van der Waals surface area (Å²) >= 11 is 0. The molecule has 0 bridgehead atoms. The summed E-state index contributed by atoms with van der Waals surface area (Å²) in [6, 6.07) is 5.00. The second-order valence-electron chi connectivity index (χ2n) is 3.82. The molecular formula is C13H9FN2O4. The van der Waals surface area contributed by atoms with Gasteiger partial charge in [-0.25, -0.2) is 9.18 Å². The molecule has 0 spiro atoms. The Balaban J connectivity index is 2.32. The Bertz CT molecular complexity index is 688. The molecule has 1 amide bonds. The van der Waals surface area contributed by atoms with E-state index in [1.165, 1.54) is 30.5 Å². The van der Waals surface area contributed by atoms with Gasteiger partial charge in [-0.1, -0.05) is 6.07 Å². The predicted molar refractivity (Wildman–Crippen MR) is 67.2 cm³/mol. The van der Waals surface area contributed by atoms with Crippen molar-refractivity contribution in [1.29, 1.82) is 0 Å². The number of nitrogens with one attached hydrogen (secondary N) is 1. The quantitative estimate of drug-likeness (QED) is 0.743. The van der Waals surface area contributed by atoms with E-state index in [9.17, 15) is 19.1 Å². The lowest BCUT2D eigenvalue weighted by molar-refractivity contribution is 0.0693. The zero-order valence-corrected chi connectivity index (χ0v) is 10.0. The fraction of sp³-hybridized carbons (Fsp3) is 0. The van der Waals surface area contributed by atoms with Crippen LogP contribution in [0, 0.1) is 5.82 Å². The van der Waals surface area contributed by atoms with Gasteiger partial charge in [0.15, 0.2) is 11.6 Å². The van der Waals surface area contributed by atoms with Gasteiger partial charge in [0.1, 0.15) is 5.56 Å². The number of carbonyl (C=O) groups excluding carboxylic acids is 1. The molecule has 1 heterocycles. The van der Waals surface area contributed by atoms with Crippen LogP contribution in [0.5, 0.6) is 5.75 Å². The molecule has 6 nitrogen and oxygen atoms in total. The van der Waals surface area contributed by atoms with E-state index < -0.39 is 23.4 Å². The first-order chi connectivity index (χ1) is 9.50. The van der Waals surface area contributed by atoms with E-state index in [4.69, 9.17) is 5.11 Å². The first kappa shape index (κ1) is 13.5. The molecule has 0 unspecified atom stereocenters. The Kier molecular flexibility index (Phi) is 3.60. The van der Waals surface area contributed by atoms with E-state index in [2.05, 4.69) is 10.3 Å². The number of phenols is 1. The summed E-state index contributed by atoms with van der Waals surface area (Å²) in [5.41, 5.74) is -0.746. The van der Waals surface area contributed by atoms with Crippen LogP contribution in [0.1, 0.15) is 20.7 Å². The Morgan fingerprint density at radius 1 is 1.20 bits per heavy atom. The number of para-hydroxylation sites is 1. The van der Waals surface area contributed by atoms with Crippen LogP contribution in [-0.4, -0.2) is 27.1 Å². The number of anilines is 1. The molecule has 0 fully saturated rings. The van der Waals surface area contributed by atoms with E-state index in [1.54, 1.807) is 0 Å². The molecule has 1 aromatic carbocycles. The number of carboxylic acid groups (broad SMARTS) is 1. The molecule has 0 saturated carbocycles. The average Bonchev–Trinajstić information content (AvgIpc) is 2.41. The van der Waals surface area contributed by atoms with Gasteiger partial charge in [0.2, 0.25) is 0 Å². The Labute approximate surface area is 112 Å². The minimum Gasteiger partial charge on any atom is -0.505 e. The van der Waals surface area contributed by atoms with Crippen LogP contribution in [0.4, 0.5) is 10.1 Å². The lowest BCUT2D eigenvalue weighted by Crippen LogP contribution is -2.14. The molecule has 7 heteroatoms. The highest BCUT2D eigenvalue weighted by molar-refractivity contribution is 6.06. The summed E-state index contributed by atoms with van der Waals surface area (Å²) < 4.78 is 13.4. The van der Waals surface area contributed by atoms with Crippen molar-refractivity contribution >= 4 is 17.6 Å². The van der Waals surface area contributed by atoms with Crippen molar-refractivity contribution in [2.24, 2.45) is 0 Å². The zero-order valence-electron chi connectivity index (χ0n) is 10.0. The van der Waals surface area contributed by atoms with Gasteiger partial charge >= 0.3 is 5.97 Å². The summed E-state index contributed by atoms with van der Waals surface area (Å²) in [5, 5.41) is 20.8. The number of pyridine rings is 1. The molecular weight excluding hydrogens is 267 g/mol. The molecule has 0 aliphatic rings. The second kappa shape index (κ2) is 5.35. The molecule has 0 saturated heterocycles. The number of amides is 1. The maximum absolute atomic E-state index is 13.4. The lowest BCUT2D eigenvalue weighted by Gasteiger charge is -2.09. The molecule has 20 heavy (non-hydrogen) atoms. The van der Waals surface area contributed by atoms with Gasteiger partial charge in [-0.3, -0.25) is 9.78 Å². The van der Waals surface area contributed by atoms with Crippen LogP contribution in [0.25, 0.3) is 0 Å². The zero-order chi connectivity index (χ0) is 14.7. The van der Waals surface area contributed by atoms with Gasteiger partial charge in [0.05, 0.1) is 17.4 Å². The lowest BCUT2D eigenvalue weighted by atomic mass is 10.1. The SMILES string of the molecule is O=C(Nc1cccc(C(=O)O)c1O)c1ccncc1F. The smallest absolute Gasteiger partial charge is 0.339 e. The second-order valence-corrected chi connectivity index (χ2v) is 3.82. The molecule has 2 aromatic rings. The van der Waals surface area contributed by atoms with E-state index in [-0.39, 0.29) is 16.8 Å². The van der Waals surface area contributed by atoms with E-state index in [1.807, 2.05) is 0 Å². The summed E-state index contributed by atoms with van der Waals surface area (Å²) in [6.45, 7) is 0. The number of rotatable bonds is 3. The van der Waals surface area contributed by atoms with E-state index in [0.717, 1.165) is 6.20 Å². The third-order valence-electron chi connectivity index (χ3n) is 2.53. The topological polar surface area (TPSA) is 99.5 Å². The fourth-order valence-electron chi connectivity index (χ4n) is 1.57. The highest BCUT2D eigenvalue weighted by atomic mass is 19.1. The van der Waals surface area contributed by atoms with Crippen molar-refractivity contribution in [2.75, 3.05) is 5.32 Å². The summed E-state index contributed by atoms with van der Waals surface area (Å²) in [7, 11) is 0. The minimum atomic E-state index is -1.34. The maximum atomic E-state index is 13.4. The Morgan fingerprint density at radius 2 is 1.95 bits per heavy atom. The normalized spacial score (nSPS) is 10.1. The Hall–Kier alpha value is -2.96. The minimum absolute atomic E-state index is 0.119. The number of halogens is 1. The maximum Gasteiger partial charge on any atom is 0.339 e. The number of carbonyl (C=O) groups is 2. The highest BCUT2D eigenvalue weighted by Crippen LogP contribution is 2.27. The highest BCUT2D eigenvalue weighted by Gasteiger charge is 2.17. The van der Waals surface area contributed by atoms with Crippen molar-refractivity contribution < 1.29 is 24.2 Å². The third-order valence-corrected chi connectivity index (χ3v) is 2.53. The van der Waals surface area contributed by atoms with Gasteiger partial charge in [0.25, 0.3) is 5.91 Å². The first-order valence-electron chi connectivity index (χ1n) is 5.47. The molecule has 3 N–H and O–H groups in total. The standard InChI is InChI=1S/C13H9FN2O4/c14-9-6-15-5-4-7(9)12(18)16-10-3-1-2-8(11(10)17)13(19)20/h1-6,17H,(H,16,18)(H,19,20). The van der Waals surface area contributed by atoms with Crippen molar-refractivity contribution in [3.8, 4) is 5.75 Å². The van der Waals surface area contributed by atoms with Crippen LogP contribution in [-0.2, 0) is 0 Å². The van der Waals surface area contributed by atoms with Crippen LogP contribution < -0.4 is 5.32 Å². The molecule has 2 rings (SSSR count). The number of aromatic nitrogens is 1. The number of aromatic carboxylic acids is 1. The molecule has 0 aliphatic heterocycles. The number of hydrogen-bond acceptors (Lipinski definition) is 4. The van der Waals surface area contributed by atoms with Crippen LogP contribution in [0.3, 0.4) is 0 Å². The fourth-order valence-corrected chi connectivity index (χ4v) is 1.57. The number of aromatic hydroxyl groups is 1. The van der Waals surface area contributed by atoms with Crippen LogP contribution in [0.15, 0.2) is 36.7 Å². The first-order valence-corrected chi connectivity index (χ1v) is 5.47. The monoisotopic (exact) mass is 276 g/mol. The average molecular weight is 276 g/mol. The van der Waals surface area contributed by atoms with Gasteiger partial charge < -0.3 is 15.5 Å². The van der Waals surface area contributed by atoms with Crippen molar-refractivity contribution in [3.63, 3.8) is 0 Å². The Morgan fingerprint density at radius 3 is 2.60 bits per heavy atom. The van der Waals surface area contributed by atoms with Crippen molar-refractivity contribution in [3.05, 3.63) is 53.6 Å². The van der Waals surface area contributed by atoms with Crippen LogP contribution in [0.2, 0.25) is 0 Å². The van der Waals surface area contributed by atoms with E-state index in [0.29, 0.717) is 0 Å². The van der Waals surface area contributed by atoms with Gasteiger partial charge in [0, 0.05) is 6.20 Å². The van der Waals surface area contributed by atoms with Gasteiger partial charge in [-0.2, -0.15) is 0 Å². The molecule has 0 aliphatic carbocycles. The van der Waals surface area contributed by atoms with Gasteiger partial charge in [-0.05, 0) is 18.2 Å². The molecule has 1 aromatic heterocycles. The molecule has 0 radical (unpaired) electrons. The summed E-state index contributed by atoms with van der Waals surface area (Å²) in [4.78, 5) is 26.2. The molecule has 102 valence electrons. The number of benzene rings is 1. The largest absolute Gasteiger partial charge is 0.505 e. The predicted octanol–water partition coefficient (Wildman–Crippen LogP) is 1.88. The van der Waals surface area contributed by atoms with Crippen molar-refractivity contribution in [2.45, 2.75) is 0 Å². The van der Waals surface area contributed by atoms with Crippen molar-refractivity contribution in [1.82, 2.24) is 4.98 Å². The molecule has 0 atom stereocenters. The van der Waals surface area contributed by atoms with Crippen LogP contribution >= 0.6 is 0 Å². The van der Waals surface area contributed by atoms with E-state index >= 15 is 0 Å². The number of nitrogens with zero attached hydrogens (tertiary/aromatic N) is 1. The van der Waals surface area contributed by atoms with Gasteiger partial charge in [-0.15, -0.1) is 0 Å². The summed E-state index contributed by atoms with van der Waals surface area (Å²) in [6.07, 6.45) is 2.12. The number of hydrogen-bond donors (Lipinski definition) is 3. The number of carboxylic acids is 1. The summed E-state index contributed by atoms with van der Waals surface area (Å²) in [5.74, 6) is -3.57. The third kappa shape index (κ3) is 2.56.